The highest BCUT2D eigenvalue weighted by atomic mass is 32.1. The minimum atomic E-state index is -0.420. The molecule has 124 valence electrons. The molecule has 0 atom stereocenters. The van der Waals surface area contributed by atoms with Crippen molar-refractivity contribution in [3.05, 3.63) is 23.0 Å². The molecule has 8 heteroatoms. The quantitative estimate of drug-likeness (QED) is 0.903. The largest absolute Gasteiger partial charge is 0.480 e. The van der Waals surface area contributed by atoms with Crippen LogP contribution in [0.5, 0.6) is 11.8 Å². The fourth-order valence-corrected chi connectivity index (χ4v) is 2.71. The number of rotatable bonds is 5. The number of carbonyl (C=O) groups is 1. The number of amides is 1. The van der Waals surface area contributed by atoms with Crippen LogP contribution in [0.15, 0.2) is 11.7 Å². The predicted octanol–water partition coefficient (Wildman–Crippen LogP) is 2.79. The van der Waals surface area contributed by atoms with E-state index in [2.05, 4.69) is 41.0 Å². The molecule has 2 rings (SSSR count). The van der Waals surface area contributed by atoms with Crippen LogP contribution in [-0.2, 0) is 6.42 Å². The zero-order chi connectivity index (χ0) is 17.0. The third kappa shape index (κ3) is 4.38. The van der Waals surface area contributed by atoms with E-state index in [0.29, 0.717) is 5.13 Å². The number of hydrogen-bond acceptors (Lipinski definition) is 7. The van der Waals surface area contributed by atoms with Crippen molar-refractivity contribution in [3.8, 4) is 11.8 Å². The molecule has 0 bridgehead atoms. The summed E-state index contributed by atoms with van der Waals surface area (Å²) in [6.07, 6.45) is 2.11. The summed E-state index contributed by atoms with van der Waals surface area (Å²) in [5, 5.41) is 5.20. The van der Waals surface area contributed by atoms with Gasteiger partial charge in [-0.15, -0.1) is 11.3 Å². The summed E-state index contributed by atoms with van der Waals surface area (Å²) in [5.74, 6) is -0.113. The van der Waals surface area contributed by atoms with E-state index in [1.165, 1.54) is 31.9 Å². The summed E-state index contributed by atoms with van der Waals surface area (Å²) in [7, 11) is 2.87. The van der Waals surface area contributed by atoms with E-state index in [1.807, 2.05) is 5.38 Å². The number of methoxy groups -OCH3 is 2. The molecule has 0 fully saturated rings. The van der Waals surface area contributed by atoms with Crippen LogP contribution in [0.2, 0.25) is 0 Å². The molecule has 2 aromatic rings. The molecule has 1 N–H and O–H groups in total. The summed E-state index contributed by atoms with van der Waals surface area (Å²) in [6.45, 7) is 6.42. The average molecular weight is 336 g/mol. The minimum Gasteiger partial charge on any atom is -0.480 e. The van der Waals surface area contributed by atoms with Crippen molar-refractivity contribution in [2.24, 2.45) is 5.41 Å². The van der Waals surface area contributed by atoms with Gasteiger partial charge >= 0.3 is 0 Å². The number of nitrogens with one attached hydrogen (secondary N) is 1. The van der Waals surface area contributed by atoms with Gasteiger partial charge in [-0.3, -0.25) is 10.1 Å². The number of hydrogen-bond donors (Lipinski definition) is 1. The van der Waals surface area contributed by atoms with Crippen molar-refractivity contribution >= 4 is 22.4 Å². The maximum atomic E-state index is 12.5. The minimum absolute atomic E-state index is 0.134. The Kier molecular flexibility index (Phi) is 5.15. The highest BCUT2D eigenvalue weighted by molar-refractivity contribution is 7.14. The molecule has 0 aromatic carbocycles. The molecule has 0 saturated heterocycles. The third-order valence-electron chi connectivity index (χ3n) is 2.88. The van der Waals surface area contributed by atoms with Gasteiger partial charge in [-0.05, 0) is 11.8 Å². The van der Waals surface area contributed by atoms with Gasteiger partial charge in [-0.25, -0.2) is 15.0 Å². The van der Waals surface area contributed by atoms with Crippen LogP contribution in [0.4, 0.5) is 5.13 Å². The molecule has 2 heterocycles. The van der Waals surface area contributed by atoms with Gasteiger partial charge in [0.25, 0.3) is 5.91 Å². The first-order valence-electron chi connectivity index (χ1n) is 7.03. The van der Waals surface area contributed by atoms with Gasteiger partial charge in [0.2, 0.25) is 11.8 Å². The Morgan fingerprint density at radius 3 is 2.35 bits per heavy atom. The van der Waals surface area contributed by atoms with Crippen LogP contribution in [0, 0.1) is 5.41 Å². The van der Waals surface area contributed by atoms with Crippen LogP contribution in [0.1, 0.15) is 36.8 Å². The van der Waals surface area contributed by atoms with E-state index >= 15 is 0 Å². The van der Waals surface area contributed by atoms with E-state index < -0.39 is 5.91 Å². The molecule has 23 heavy (non-hydrogen) atoms. The summed E-state index contributed by atoms with van der Waals surface area (Å²) in [6, 6.07) is 0. The lowest BCUT2D eigenvalue weighted by Gasteiger charge is -2.15. The van der Waals surface area contributed by atoms with Gasteiger partial charge in [0, 0.05) is 5.38 Å². The monoisotopic (exact) mass is 336 g/mol. The molecule has 7 nitrogen and oxygen atoms in total. The van der Waals surface area contributed by atoms with Crippen LogP contribution in [-0.4, -0.2) is 35.1 Å². The Hall–Kier alpha value is -2.22. The number of anilines is 1. The number of ether oxygens (including phenoxy) is 2. The summed E-state index contributed by atoms with van der Waals surface area (Å²) in [5.41, 5.74) is 1.22. The van der Waals surface area contributed by atoms with E-state index in [4.69, 9.17) is 9.47 Å². The standard InChI is InChI=1S/C15H20N4O3S/c1-15(2,3)6-9-7-23-14(18-9)19-11(20)10-12(21-4)16-8-17-13(10)22-5/h7-8H,6H2,1-5H3,(H,18,19,20). The maximum absolute atomic E-state index is 12.5. The van der Waals surface area contributed by atoms with Gasteiger partial charge in [-0.2, -0.15) is 0 Å². The smallest absolute Gasteiger partial charge is 0.268 e. The number of aromatic nitrogens is 3. The molecular formula is C15H20N4O3S. The summed E-state index contributed by atoms with van der Waals surface area (Å²) < 4.78 is 10.2. The normalized spacial score (nSPS) is 11.2. The van der Waals surface area contributed by atoms with E-state index in [-0.39, 0.29) is 22.7 Å². The Labute approximate surface area is 139 Å². The topological polar surface area (TPSA) is 86.2 Å². The molecule has 0 radical (unpaired) electrons. The average Bonchev–Trinajstić information content (AvgIpc) is 2.90. The van der Waals surface area contributed by atoms with E-state index in [9.17, 15) is 4.79 Å². The number of thiazole rings is 1. The maximum Gasteiger partial charge on any atom is 0.268 e. The van der Waals surface area contributed by atoms with Crippen LogP contribution < -0.4 is 14.8 Å². The zero-order valence-corrected chi connectivity index (χ0v) is 14.7. The first kappa shape index (κ1) is 17.1. The molecule has 0 unspecified atom stereocenters. The van der Waals surface area contributed by atoms with Gasteiger partial charge in [0.05, 0.1) is 19.9 Å². The highest BCUT2D eigenvalue weighted by Gasteiger charge is 2.22. The van der Waals surface area contributed by atoms with E-state index in [1.54, 1.807) is 0 Å². The Morgan fingerprint density at radius 2 is 1.83 bits per heavy atom. The molecule has 2 aromatic heterocycles. The van der Waals surface area contributed by atoms with Crippen LogP contribution in [0.3, 0.4) is 0 Å². The van der Waals surface area contributed by atoms with E-state index in [0.717, 1.165) is 12.1 Å². The lowest BCUT2D eigenvalue weighted by molar-refractivity contribution is 0.101. The highest BCUT2D eigenvalue weighted by Crippen LogP contribution is 2.27. The fraction of sp³-hybridized carbons (Fsp3) is 0.467. The lowest BCUT2D eigenvalue weighted by Crippen LogP contribution is -2.16. The van der Waals surface area contributed by atoms with Crippen LogP contribution >= 0.6 is 11.3 Å². The van der Waals surface area contributed by atoms with Gasteiger partial charge in [0.15, 0.2) is 10.7 Å². The van der Waals surface area contributed by atoms with Crippen LogP contribution in [0.25, 0.3) is 0 Å². The molecule has 0 aliphatic carbocycles. The molecule has 0 saturated carbocycles. The summed E-state index contributed by atoms with van der Waals surface area (Å²) >= 11 is 1.37. The Balaban J connectivity index is 2.20. The third-order valence-corrected chi connectivity index (χ3v) is 3.68. The van der Waals surface area contributed by atoms with Gasteiger partial charge < -0.3 is 9.47 Å². The first-order chi connectivity index (χ1) is 10.8. The lowest BCUT2D eigenvalue weighted by atomic mass is 9.91. The molecule has 0 aliphatic rings. The first-order valence-corrected chi connectivity index (χ1v) is 7.90. The molecule has 0 aliphatic heterocycles. The fourth-order valence-electron chi connectivity index (χ4n) is 2.01. The summed E-state index contributed by atoms with van der Waals surface area (Å²) in [4.78, 5) is 24.8. The number of carbonyl (C=O) groups excluding carboxylic acids is 1. The second-order valence-corrected chi connectivity index (χ2v) is 6.96. The van der Waals surface area contributed by atoms with Crippen molar-refractivity contribution in [2.75, 3.05) is 19.5 Å². The second kappa shape index (κ2) is 6.91. The number of nitrogens with zero attached hydrogens (tertiary/aromatic N) is 3. The Bertz CT molecular complexity index is 672. The second-order valence-electron chi connectivity index (χ2n) is 6.10. The van der Waals surface area contributed by atoms with Gasteiger partial charge in [-0.1, -0.05) is 20.8 Å². The van der Waals surface area contributed by atoms with Crippen molar-refractivity contribution < 1.29 is 14.3 Å². The Morgan fingerprint density at radius 1 is 1.22 bits per heavy atom. The predicted molar refractivity (Wildman–Crippen MR) is 88.4 cm³/mol. The molecule has 1 amide bonds. The van der Waals surface area contributed by atoms with Gasteiger partial charge in [0.1, 0.15) is 6.33 Å². The molecule has 0 spiro atoms. The van der Waals surface area contributed by atoms with Crippen molar-refractivity contribution in [3.63, 3.8) is 0 Å². The SMILES string of the molecule is COc1ncnc(OC)c1C(=O)Nc1nc(CC(C)(C)C)cs1. The van der Waals surface area contributed by atoms with Crippen molar-refractivity contribution in [1.82, 2.24) is 15.0 Å². The molecular weight excluding hydrogens is 316 g/mol. The van der Waals surface area contributed by atoms with Crippen molar-refractivity contribution in [2.45, 2.75) is 27.2 Å². The van der Waals surface area contributed by atoms with Crippen molar-refractivity contribution in [1.29, 1.82) is 0 Å². The zero-order valence-electron chi connectivity index (χ0n) is 13.8.